The predicted octanol–water partition coefficient (Wildman–Crippen LogP) is 11.5. The first-order valence-corrected chi connectivity index (χ1v) is 27.6. The second kappa shape index (κ2) is 26.0. The fourth-order valence-electron chi connectivity index (χ4n) is 11.4. The number of hydrogen-bond donors (Lipinski definition) is 0. The Bertz CT molecular complexity index is 3470. The van der Waals surface area contributed by atoms with Gasteiger partial charge in [-0.05, 0) is 91.0 Å². The monoisotopic (exact) mass is 1220 g/mol. The van der Waals surface area contributed by atoms with Crippen molar-refractivity contribution in [1.29, 1.82) is 0 Å². The number of halogens is 9. The van der Waals surface area contributed by atoms with Crippen molar-refractivity contribution >= 4 is 33.8 Å². The van der Waals surface area contributed by atoms with Crippen LogP contribution in [-0.2, 0) is 25.9 Å². The maximum absolute atomic E-state index is 13.5. The lowest BCUT2D eigenvalue weighted by Gasteiger charge is -2.38. The lowest BCUT2D eigenvalue weighted by atomic mass is 9.82. The zero-order chi connectivity index (χ0) is 58.3. The highest BCUT2D eigenvalue weighted by atomic mass is 79.9. The molecular formula is C56H56BrF8N15O3. The van der Waals surface area contributed by atoms with Crippen LogP contribution < -0.4 is 24.0 Å². The topological polar surface area (TPSA) is 178 Å². The number of rotatable bonds is 17. The van der Waals surface area contributed by atoms with E-state index in [1.54, 1.807) is 12.7 Å². The van der Waals surface area contributed by atoms with E-state index in [9.17, 15) is 35.1 Å². The van der Waals surface area contributed by atoms with E-state index in [1.807, 2.05) is 26.0 Å². The van der Waals surface area contributed by atoms with Crippen molar-refractivity contribution in [2.75, 3.05) is 49.3 Å². The van der Waals surface area contributed by atoms with Crippen molar-refractivity contribution < 1.29 is 49.3 Å². The van der Waals surface area contributed by atoms with Gasteiger partial charge in [-0.25, -0.2) is 64.4 Å². The minimum absolute atomic E-state index is 0.0260. The average molecular weight is 1220 g/mol. The molecule has 18 nitrogen and oxygen atoms in total. The average Bonchev–Trinajstić information content (AvgIpc) is 4.38. The smallest absolute Gasteiger partial charge is 0.324 e. The molecule has 3 aromatic carbocycles. The van der Waals surface area contributed by atoms with E-state index in [4.69, 9.17) is 14.2 Å². The van der Waals surface area contributed by atoms with Gasteiger partial charge in [-0.2, -0.15) is 24.7 Å². The fourth-order valence-corrected chi connectivity index (χ4v) is 11.8. The molecule has 7 heterocycles. The third-order valence-electron chi connectivity index (χ3n) is 15.0. The summed E-state index contributed by atoms with van der Waals surface area (Å²) in [5.74, 6) is 1.44. The van der Waals surface area contributed by atoms with Gasteiger partial charge in [0.1, 0.15) is 89.8 Å². The summed E-state index contributed by atoms with van der Waals surface area (Å²) in [6, 6.07) is 12.8. The van der Waals surface area contributed by atoms with Gasteiger partial charge in [0, 0.05) is 123 Å². The van der Waals surface area contributed by atoms with Crippen LogP contribution in [0.25, 0.3) is 6.20 Å². The molecule has 4 unspecified atom stereocenters. The van der Waals surface area contributed by atoms with Crippen LogP contribution in [0, 0.1) is 84.3 Å². The van der Waals surface area contributed by atoms with Crippen LogP contribution in [0.15, 0.2) is 90.7 Å². The Morgan fingerprint density at radius 3 is 1.28 bits per heavy atom. The molecule has 2 aliphatic heterocycles. The minimum Gasteiger partial charge on any atom is -0.424 e. The molecule has 2 saturated heterocycles. The molecule has 5 aromatic heterocycles. The van der Waals surface area contributed by atoms with Crippen LogP contribution in [-0.4, -0.2) is 104 Å². The summed E-state index contributed by atoms with van der Waals surface area (Å²) in [6.07, 6.45) is 10.7. The van der Waals surface area contributed by atoms with Gasteiger partial charge >= 0.3 is 18.0 Å². The van der Waals surface area contributed by atoms with Crippen LogP contribution in [0.3, 0.4) is 0 Å². The lowest BCUT2D eigenvalue weighted by molar-refractivity contribution is 0.264. The summed E-state index contributed by atoms with van der Waals surface area (Å²) < 4.78 is 126. The first-order chi connectivity index (χ1) is 40.0. The number of fused-ring (bicyclic) bond motifs is 4. The van der Waals surface area contributed by atoms with Crippen molar-refractivity contribution in [3.05, 3.63) is 149 Å². The van der Waals surface area contributed by atoms with E-state index in [2.05, 4.69) is 82.5 Å². The number of alkyl halides is 2. The highest BCUT2D eigenvalue weighted by molar-refractivity contribution is 9.10. The van der Waals surface area contributed by atoms with Gasteiger partial charge in [0.2, 0.25) is 4.73 Å². The van der Waals surface area contributed by atoms with Crippen molar-refractivity contribution in [2.24, 2.45) is 35.5 Å². The first kappa shape index (κ1) is 58.1. The molecule has 0 spiro atoms. The Balaban J connectivity index is 0.000000145. The zero-order valence-electron chi connectivity index (χ0n) is 45.0. The summed E-state index contributed by atoms with van der Waals surface area (Å²) in [7, 11) is 0. The Kier molecular flexibility index (Phi) is 18.2. The number of hydrogen-bond acceptors (Lipinski definition) is 15. The van der Waals surface area contributed by atoms with Gasteiger partial charge in [-0.15, -0.1) is 10.2 Å². The van der Waals surface area contributed by atoms with Crippen LogP contribution in [0.5, 0.6) is 35.3 Å². The van der Waals surface area contributed by atoms with E-state index < -0.39 is 48.3 Å². The Labute approximate surface area is 479 Å². The molecule has 12 rings (SSSR count). The standard InChI is InChI=1S/C23H25F3N6O.C23H24F2N6O.C10H7BrF3N3O/c1-14-6-22(28-13-27-14)31-11-15-2-3-16(12-31)20(15)10-21-29-23(32(30-21)5-4-24)33-19-8-17(25)7-18(26)9-19;1-3-31-23(32-19-8-17(24)7-18(25)9-19)28-21(29-31)10-20-15-4-5-16(20)12-30(11-15)22-6-14(2)26-13-27-22;11-9-15-10(17(16-9)2-1-12)18-8-4-6(13)3-7(14)5-8/h6-9,13,15-16,20H,2-5,10-12H2,1H3;3,6-9,13,15-16,20H,1,4-5,10-12H2,2H3;3-5H,1-2H2. The normalized spacial score (nSPS) is 19.7. The first-order valence-electron chi connectivity index (χ1n) is 26.8. The minimum atomic E-state index is -0.777. The number of ether oxygens (including phenoxy) is 3. The van der Waals surface area contributed by atoms with Gasteiger partial charge < -0.3 is 24.0 Å². The van der Waals surface area contributed by atoms with Crippen LogP contribution >= 0.6 is 15.9 Å². The summed E-state index contributed by atoms with van der Waals surface area (Å²) in [4.78, 5) is 34.7. The number of piperidine rings is 2. The summed E-state index contributed by atoms with van der Waals surface area (Å²) in [5, 5.41) is 12.7. The number of aromatic nitrogens is 13. The third kappa shape index (κ3) is 14.6. The highest BCUT2D eigenvalue weighted by Gasteiger charge is 2.44. The second-order valence-corrected chi connectivity index (χ2v) is 21.3. The summed E-state index contributed by atoms with van der Waals surface area (Å²) in [5.41, 5.74) is 1.91. The van der Waals surface area contributed by atoms with E-state index >= 15 is 0 Å². The largest absolute Gasteiger partial charge is 0.424 e. The maximum atomic E-state index is 13.5. The van der Waals surface area contributed by atoms with Gasteiger partial charge in [-0.3, -0.25) is 0 Å². The molecule has 4 atom stereocenters. The lowest BCUT2D eigenvalue weighted by Crippen LogP contribution is -2.43. The number of aryl methyl sites for hydroxylation is 4. The molecule has 4 aliphatic rings. The Hall–Kier alpha value is -8.10. The molecule has 436 valence electrons. The number of anilines is 2. The molecule has 0 N–H and O–H groups in total. The molecule has 4 fully saturated rings. The van der Waals surface area contributed by atoms with Crippen LogP contribution in [0.2, 0.25) is 0 Å². The number of nitrogens with zero attached hydrogens (tertiary/aromatic N) is 15. The van der Waals surface area contributed by atoms with Gasteiger partial charge in [0.15, 0.2) is 11.6 Å². The SMILES string of the molecule is C=Cn1nc(CC2C3CCC2CN(c2cc(C)ncn2)C3)nc1Oc1cc(F)cc(F)c1.Cc1cc(N2CC3CCC(C2)C3Cc2nc(Oc3cc(F)cc(F)c3)n(CCF)n2)ncn1.FCCn1nc(Br)nc1Oc1cc(F)cc(F)c1. The quantitative estimate of drug-likeness (QED) is 0.0786. The van der Waals surface area contributed by atoms with Crippen LogP contribution in [0.1, 0.15) is 48.7 Å². The Morgan fingerprint density at radius 1 is 0.506 bits per heavy atom. The molecule has 2 saturated carbocycles. The molecule has 4 bridgehead atoms. The maximum Gasteiger partial charge on any atom is 0.324 e. The molecular weight excluding hydrogens is 1160 g/mol. The van der Waals surface area contributed by atoms with Gasteiger partial charge in [0.25, 0.3) is 0 Å². The third-order valence-corrected chi connectivity index (χ3v) is 15.3. The molecule has 2 aliphatic carbocycles. The van der Waals surface area contributed by atoms with Crippen molar-refractivity contribution in [1.82, 2.24) is 64.2 Å². The van der Waals surface area contributed by atoms with E-state index in [1.165, 1.54) is 28.4 Å². The number of benzene rings is 3. The van der Waals surface area contributed by atoms with Crippen molar-refractivity contribution in [3.63, 3.8) is 0 Å². The molecule has 83 heavy (non-hydrogen) atoms. The second-order valence-electron chi connectivity index (χ2n) is 20.6. The molecule has 8 aromatic rings. The van der Waals surface area contributed by atoms with Crippen molar-refractivity contribution in [2.45, 2.75) is 65.5 Å². The van der Waals surface area contributed by atoms with Crippen LogP contribution in [0.4, 0.5) is 46.8 Å². The zero-order valence-corrected chi connectivity index (χ0v) is 46.6. The fraction of sp³-hybridized carbons (Fsp3) is 0.393. The Morgan fingerprint density at radius 2 is 0.880 bits per heavy atom. The predicted molar refractivity (Wildman–Crippen MR) is 290 cm³/mol. The van der Waals surface area contributed by atoms with E-state index in [0.29, 0.717) is 53.6 Å². The van der Waals surface area contributed by atoms with E-state index in [-0.39, 0.29) is 53.1 Å². The molecule has 0 amide bonds. The molecule has 27 heteroatoms. The highest BCUT2D eigenvalue weighted by Crippen LogP contribution is 2.46. The van der Waals surface area contributed by atoms with Crippen molar-refractivity contribution in [3.8, 4) is 35.3 Å². The van der Waals surface area contributed by atoms with Gasteiger partial charge in [-0.1, -0.05) is 6.58 Å². The summed E-state index contributed by atoms with van der Waals surface area (Å²) >= 11 is 3.00. The molecule has 0 radical (unpaired) electrons. The summed E-state index contributed by atoms with van der Waals surface area (Å²) in [6.45, 7) is 9.97. The van der Waals surface area contributed by atoms with Gasteiger partial charge in [0.05, 0.1) is 13.1 Å². The van der Waals surface area contributed by atoms with E-state index in [0.717, 1.165) is 128 Å².